The lowest BCUT2D eigenvalue weighted by Gasteiger charge is -2.13. The number of rotatable bonds is 2. The molecule has 2 aromatic rings. The summed E-state index contributed by atoms with van der Waals surface area (Å²) in [5, 5.41) is 12.7. The molecule has 4 N–H and O–H groups in total. The van der Waals surface area contributed by atoms with Gasteiger partial charge in [-0.1, -0.05) is 6.42 Å². The zero-order chi connectivity index (χ0) is 14.1. The van der Waals surface area contributed by atoms with E-state index in [-0.39, 0.29) is 11.6 Å². The van der Waals surface area contributed by atoms with Crippen LogP contribution in [-0.2, 0) is 0 Å². The summed E-state index contributed by atoms with van der Waals surface area (Å²) in [5.41, 5.74) is 7.14. The highest BCUT2D eigenvalue weighted by Gasteiger charge is 2.23. The van der Waals surface area contributed by atoms with Crippen LogP contribution in [0.25, 0.3) is 5.52 Å². The first-order valence-corrected chi connectivity index (χ1v) is 6.88. The minimum absolute atomic E-state index is 0.101. The van der Waals surface area contributed by atoms with Gasteiger partial charge in [0.25, 0.3) is 0 Å². The van der Waals surface area contributed by atoms with Crippen LogP contribution in [0.1, 0.15) is 41.5 Å². The van der Waals surface area contributed by atoms with Crippen LogP contribution in [-0.4, -0.2) is 33.6 Å². The molecule has 3 rings (SSSR count). The second-order valence-corrected chi connectivity index (χ2v) is 5.24. The van der Waals surface area contributed by atoms with Crippen LogP contribution in [0.3, 0.4) is 0 Å². The maximum absolute atomic E-state index is 11.3. The van der Waals surface area contributed by atoms with Gasteiger partial charge in [0.15, 0.2) is 5.69 Å². The summed E-state index contributed by atoms with van der Waals surface area (Å²) in [4.78, 5) is 15.7. The van der Waals surface area contributed by atoms with E-state index < -0.39 is 5.97 Å². The molecule has 0 saturated carbocycles. The summed E-state index contributed by atoms with van der Waals surface area (Å²) in [5.74, 6) is 0.0131. The first-order chi connectivity index (χ1) is 9.66. The van der Waals surface area contributed by atoms with Crippen molar-refractivity contribution >= 4 is 17.2 Å². The smallest absolute Gasteiger partial charge is 0.356 e. The summed E-state index contributed by atoms with van der Waals surface area (Å²) in [6.07, 6.45) is 5.04. The van der Waals surface area contributed by atoms with Crippen LogP contribution in [0.5, 0.6) is 0 Å². The Morgan fingerprint density at radius 1 is 1.45 bits per heavy atom. The van der Waals surface area contributed by atoms with Gasteiger partial charge in [0.05, 0.1) is 5.52 Å². The summed E-state index contributed by atoms with van der Waals surface area (Å²) in [6.45, 7) is 1.83. The third-order valence-corrected chi connectivity index (χ3v) is 3.80. The number of imidazole rings is 1. The van der Waals surface area contributed by atoms with Crippen LogP contribution in [0.15, 0.2) is 18.3 Å². The topological polar surface area (TPSA) is 92.7 Å². The maximum Gasteiger partial charge on any atom is 0.356 e. The molecule has 6 heteroatoms. The zero-order valence-corrected chi connectivity index (χ0v) is 11.2. The molecule has 1 fully saturated rings. The number of aromatic nitrogens is 2. The van der Waals surface area contributed by atoms with E-state index in [1.807, 2.05) is 4.40 Å². The first-order valence-electron chi connectivity index (χ1n) is 6.88. The molecular weight excluding hydrogens is 256 g/mol. The summed E-state index contributed by atoms with van der Waals surface area (Å²) >= 11 is 0. The van der Waals surface area contributed by atoms with E-state index in [9.17, 15) is 9.90 Å². The summed E-state index contributed by atoms with van der Waals surface area (Å²) in [7, 11) is 0. The SMILES string of the molecule is Nc1ccc2c(C(=O)O)nc(C3CCCCNC3)n2c1. The quantitative estimate of drug-likeness (QED) is 0.771. The fourth-order valence-electron chi connectivity index (χ4n) is 2.81. The Labute approximate surface area is 116 Å². The van der Waals surface area contributed by atoms with Crippen molar-refractivity contribution in [2.45, 2.75) is 25.2 Å². The molecule has 3 heterocycles. The number of nitrogens with two attached hydrogens (primary N) is 1. The van der Waals surface area contributed by atoms with Gasteiger partial charge in [-0.15, -0.1) is 0 Å². The normalized spacial score (nSPS) is 19.9. The Kier molecular flexibility index (Phi) is 3.31. The van der Waals surface area contributed by atoms with Crippen molar-refractivity contribution in [2.24, 2.45) is 0 Å². The second kappa shape index (κ2) is 5.13. The second-order valence-electron chi connectivity index (χ2n) is 5.24. The molecule has 0 aliphatic carbocycles. The fraction of sp³-hybridized carbons (Fsp3) is 0.429. The third-order valence-electron chi connectivity index (χ3n) is 3.80. The number of hydrogen-bond acceptors (Lipinski definition) is 4. The Balaban J connectivity index is 2.13. The van der Waals surface area contributed by atoms with Crippen molar-refractivity contribution in [3.8, 4) is 0 Å². The lowest BCUT2D eigenvalue weighted by molar-refractivity contribution is 0.0693. The van der Waals surface area contributed by atoms with E-state index in [2.05, 4.69) is 10.3 Å². The number of aromatic carboxylic acids is 1. The van der Waals surface area contributed by atoms with Gasteiger partial charge in [0.2, 0.25) is 0 Å². The van der Waals surface area contributed by atoms with Gasteiger partial charge in [0, 0.05) is 24.3 Å². The average molecular weight is 274 g/mol. The van der Waals surface area contributed by atoms with Gasteiger partial charge >= 0.3 is 5.97 Å². The molecule has 1 aliphatic rings. The van der Waals surface area contributed by atoms with Crippen molar-refractivity contribution < 1.29 is 9.90 Å². The number of nitrogens with zero attached hydrogens (tertiary/aromatic N) is 2. The van der Waals surface area contributed by atoms with E-state index >= 15 is 0 Å². The number of anilines is 1. The molecule has 0 spiro atoms. The van der Waals surface area contributed by atoms with E-state index in [4.69, 9.17) is 5.73 Å². The van der Waals surface area contributed by atoms with E-state index in [1.54, 1.807) is 18.3 Å². The molecule has 1 atom stereocenters. The Morgan fingerprint density at radius 3 is 3.10 bits per heavy atom. The monoisotopic (exact) mass is 274 g/mol. The van der Waals surface area contributed by atoms with Crippen LogP contribution in [0.2, 0.25) is 0 Å². The van der Waals surface area contributed by atoms with E-state index in [0.717, 1.165) is 38.2 Å². The lowest BCUT2D eigenvalue weighted by Crippen LogP contribution is -2.20. The number of hydrogen-bond donors (Lipinski definition) is 3. The Bertz CT molecular complexity index is 642. The number of carbonyl (C=O) groups is 1. The molecule has 0 aromatic carbocycles. The number of nitrogens with one attached hydrogen (secondary N) is 1. The fourth-order valence-corrected chi connectivity index (χ4v) is 2.81. The lowest BCUT2D eigenvalue weighted by atomic mass is 10.0. The molecule has 106 valence electrons. The van der Waals surface area contributed by atoms with E-state index in [1.165, 1.54) is 0 Å². The third kappa shape index (κ3) is 2.22. The molecule has 1 saturated heterocycles. The van der Waals surface area contributed by atoms with Crippen molar-refractivity contribution in [3.63, 3.8) is 0 Å². The zero-order valence-electron chi connectivity index (χ0n) is 11.2. The van der Waals surface area contributed by atoms with Crippen LogP contribution >= 0.6 is 0 Å². The van der Waals surface area contributed by atoms with Crippen molar-refractivity contribution in [3.05, 3.63) is 29.8 Å². The van der Waals surface area contributed by atoms with Crippen LogP contribution in [0.4, 0.5) is 5.69 Å². The maximum atomic E-state index is 11.3. The van der Waals surface area contributed by atoms with E-state index in [0.29, 0.717) is 11.2 Å². The highest BCUT2D eigenvalue weighted by atomic mass is 16.4. The standard InChI is InChI=1S/C14H18N4O2/c15-10-4-5-11-12(14(19)20)17-13(18(11)8-10)9-3-1-2-6-16-7-9/h4-5,8-9,16H,1-3,6-7,15H2,(H,19,20). The summed E-state index contributed by atoms with van der Waals surface area (Å²) in [6, 6.07) is 3.43. The minimum Gasteiger partial charge on any atom is -0.476 e. The van der Waals surface area contributed by atoms with Gasteiger partial charge in [0.1, 0.15) is 5.82 Å². The molecule has 20 heavy (non-hydrogen) atoms. The van der Waals surface area contributed by atoms with Crippen molar-refractivity contribution in [1.82, 2.24) is 14.7 Å². The number of carboxylic acids is 1. The molecule has 1 aliphatic heterocycles. The largest absolute Gasteiger partial charge is 0.476 e. The Morgan fingerprint density at radius 2 is 2.30 bits per heavy atom. The predicted octanol–water partition coefficient (Wildman–Crippen LogP) is 1.47. The summed E-state index contributed by atoms with van der Waals surface area (Å²) < 4.78 is 1.83. The van der Waals surface area contributed by atoms with Gasteiger partial charge in [-0.25, -0.2) is 9.78 Å². The van der Waals surface area contributed by atoms with Gasteiger partial charge in [-0.3, -0.25) is 0 Å². The van der Waals surface area contributed by atoms with Crippen molar-refractivity contribution in [2.75, 3.05) is 18.8 Å². The average Bonchev–Trinajstić information content (AvgIpc) is 2.60. The molecule has 0 bridgehead atoms. The van der Waals surface area contributed by atoms with Gasteiger partial charge in [-0.2, -0.15) is 0 Å². The van der Waals surface area contributed by atoms with Gasteiger partial charge in [-0.05, 0) is 31.5 Å². The molecule has 0 radical (unpaired) electrons. The number of nitrogen functional groups attached to an aromatic ring is 1. The highest BCUT2D eigenvalue weighted by Crippen LogP contribution is 2.26. The number of carboxylic acid groups (broad SMARTS) is 1. The molecular formula is C14H18N4O2. The predicted molar refractivity (Wildman–Crippen MR) is 76.0 cm³/mol. The first kappa shape index (κ1) is 12.9. The minimum atomic E-state index is -1.000. The molecule has 1 unspecified atom stereocenters. The molecule has 6 nitrogen and oxygen atoms in total. The number of pyridine rings is 1. The van der Waals surface area contributed by atoms with Crippen LogP contribution in [0, 0.1) is 0 Å². The molecule has 2 aromatic heterocycles. The highest BCUT2D eigenvalue weighted by molar-refractivity contribution is 5.93. The Hall–Kier alpha value is -2.08. The van der Waals surface area contributed by atoms with Gasteiger partial charge < -0.3 is 20.6 Å². The molecule has 0 amide bonds. The number of fused-ring (bicyclic) bond motifs is 1. The van der Waals surface area contributed by atoms with Crippen LogP contribution < -0.4 is 11.1 Å². The van der Waals surface area contributed by atoms with Crippen molar-refractivity contribution in [1.29, 1.82) is 0 Å².